The summed E-state index contributed by atoms with van der Waals surface area (Å²) in [5.41, 5.74) is 1.31. The van der Waals surface area contributed by atoms with Crippen LogP contribution in [0.5, 0.6) is 0 Å². The van der Waals surface area contributed by atoms with E-state index in [1.165, 1.54) is 0 Å². The van der Waals surface area contributed by atoms with E-state index >= 15 is 0 Å². The Kier molecular flexibility index (Phi) is 5.14. The number of hydrogen-bond donors (Lipinski definition) is 1. The predicted octanol–water partition coefficient (Wildman–Crippen LogP) is 1.69. The van der Waals surface area contributed by atoms with Crippen molar-refractivity contribution in [3.05, 3.63) is 29.6 Å². The van der Waals surface area contributed by atoms with Gasteiger partial charge in [0, 0.05) is 37.5 Å². The number of aliphatic hydroxyl groups excluding tert-OH is 1. The van der Waals surface area contributed by atoms with Gasteiger partial charge in [0.25, 0.3) is 5.91 Å². The third-order valence-electron chi connectivity index (χ3n) is 3.53. The molecule has 0 unspecified atom stereocenters. The number of pyridine rings is 1. The molecule has 20 heavy (non-hydrogen) atoms. The van der Waals surface area contributed by atoms with Crippen molar-refractivity contribution in [1.29, 1.82) is 0 Å². The van der Waals surface area contributed by atoms with E-state index in [1.807, 2.05) is 4.90 Å². The largest absolute Gasteiger partial charge is 0.395 e. The van der Waals surface area contributed by atoms with Gasteiger partial charge in [-0.05, 0) is 24.8 Å². The number of carbonyl (C=O) groups is 1. The molecule has 0 bridgehead atoms. The average molecular weight is 272 g/mol. The van der Waals surface area contributed by atoms with E-state index in [2.05, 4.69) is 23.7 Å². The van der Waals surface area contributed by atoms with Crippen molar-refractivity contribution < 1.29 is 9.90 Å². The lowest BCUT2D eigenvalue weighted by Crippen LogP contribution is -2.37. The second-order valence-corrected chi connectivity index (χ2v) is 5.21. The Hall–Kier alpha value is -1.86. The summed E-state index contributed by atoms with van der Waals surface area (Å²) < 4.78 is 0. The quantitative estimate of drug-likeness (QED) is 0.834. The molecule has 0 saturated carbocycles. The number of amides is 1. The Morgan fingerprint density at radius 3 is 2.90 bits per heavy atom. The standard InChI is InChI=1S/C16H20N2O2/c1-13-5-7-18(8-6-13)16(20)15-10-14(11-17-12-15)4-2-3-9-19/h10-13,19H,3,5-9H2,1H3. The van der Waals surface area contributed by atoms with E-state index in [9.17, 15) is 4.79 Å². The molecule has 0 aliphatic carbocycles. The molecular weight excluding hydrogens is 252 g/mol. The second kappa shape index (κ2) is 7.06. The lowest BCUT2D eigenvalue weighted by Gasteiger charge is -2.30. The number of hydrogen-bond acceptors (Lipinski definition) is 3. The Balaban J connectivity index is 2.07. The number of piperidine rings is 1. The number of rotatable bonds is 2. The molecule has 0 spiro atoms. The Morgan fingerprint density at radius 2 is 2.20 bits per heavy atom. The van der Waals surface area contributed by atoms with E-state index < -0.39 is 0 Å². The fraction of sp³-hybridized carbons (Fsp3) is 0.500. The summed E-state index contributed by atoms with van der Waals surface area (Å²) in [6.45, 7) is 3.91. The number of aliphatic hydroxyl groups is 1. The summed E-state index contributed by atoms with van der Waals surface area (Å²) >= 11 is 0. The highest BCUT2D eigenvalue weighted by atomic mass is 16.2. The van der Waals surface area contributed by atoms with Crippen molar-refractivity contribution in [3.63, 3.8) is 0 Å². The lowest BCUT2D eigenvalue weighted by molar-refractivity contribution is 0.0697. The molecule has 2 rings (SSSR count). The lowest BCUT2D eigenvalue weighted by atomic mass is 9.99. The van der Waals surface area contributed by atoms with Gasteiger partial charge in [-0.15, -0.1) is 0 Å². The van der Waals surface area contributed by atoms with E-state index in [0.29, 0.717) is 17.9 Å². The first-order valence-electron chi connectivity index (χ1n) is 7.04. The van der Waals surface area contributed by atoms with Gasteiger partial charge in [-0.25, -0.2) is 0 Å². The fourth-order valence-electron chi connectivity index (χ4n) is 2.24. The zero-order chi connectivity index (χ0) is 14.4. The summed E-state index contributed by atoms with van der Waals surface area (Å²) in [7, 11) is 0. The fourth-order valence-corrected chi connectivity index (χ4v) is 2.24. The zero-order valence-corrected chi connectivity index (χ0v) is 11.8. The van der Waals surface area contributed by atoms with E-state index in [0.717, 1.165) is 31.5 Å². The predicted molar refractivity (Wildman–Crippen MR) is 77.1 cm³/mol. The van der Waals surface area contributed by atoms with Crippen LogP contribution >= 0.6 is 0 Å². The summed E-state index contributed by atoms with van der Waals surface area (Å²) in [5.74, 6) is 6.48. The highest BCUT2D eigenvalue weighted by molar-refractivity contribution is 5.94. The highest BCUT2D eigenvalue weighted by Crippen LogP contribution is 2.18. The van der Waals surface area contributed by atoms with Gasteiger partial charge in [-0.3, -0.25) is 9.78 Å². The number of nitrogens with zero attached hydrogens (tertiary/aromatic N) is 2. The van der Waals surface area contributed by atoms with Gasteiger partial charge < -0.3 is 10.0 Å². The maximum atomic E-state index is 12.4. The van der Waals surface area contributed by atoms with Crippen LogP contribution in [0.15, 0.2) is 18.5 Å². The Labute approximate surface area is 119 Å². The number of carbonyl (C=O) groups excluding carboxylic acids is 1. The van der Waals surface area contributed by atoms with Crippen LogP contribution in [0, 0.1) is 17.8 Å². The molecule has 1 aliphatic rings. The van der Waals surface area contributed by atoms with Gasteiger partial charge in [0.2, 0.25) is 0 Å². The molecule has 2 heterocycles. The number of aromatic nitrogens is 1. The van der Waals surface area contributed by atoms with Crippen LogP contribution in [0.25, 0.3) is 0 Å². The molecule has 0 radical (unpaired) electrons. The molecule has 1 N–H and O–H groups in total. The van der Waals surface area contributed by atoms with Gasteiger partial charge in [0.15, 0.2) is 0 Å². The molecule has 4 nitrogen and oxygen atoms in total. The van der Waals surface area contributed by atoms with Gasteiger partial charge in [0.05, 0.1) is 12.2 Å². The van der Waals surface area contributed by atoms with Gasteiger partial charge in [0.1, 0.15) is 0 Å². The van der Waals surface area contributed by atoms with Gasteiger partial charge in [-0.1, -0.05) is 18.8 Å². The molecule has 1 amide bonds. The summed E-state index contributed by atoms with van der Waals surface area (Å²) in [6, 6.07) is 1.78. The summed E-state index contributed by atoms with van der Waals surface area (Å²) in [5, 5.41) is 8.70. The normalized spacial score (nSPS) is 15.6. The van der Waals surface area contributed by atoms with E-state index in [1.54, 1.807) is 18.5 Å². The smallest absolute Gasteiger partial charge is 0.255 e. The molecule has 0 atom stereocenters. The van der Waals surface area contributed by atoms with Crippen molar-refractivity contribution in [3.8, 4) is 11.8 Å². The molecule has 106 valence electrons. The van der Waals surface area contributed by atoms with Crippen molar-refractivity contribution >= 4 is 5.91 Å². The molecule has 4 heteroatoms. The SMILES string of the molecule is CC1CCN(C(=O)c2cncc(C#CCCO)c2)CC1. The van der Waals surface area contributed by atoms with E-state index in [4.69, 9.17) is 5.11 Å². The third-order valence-corrected chi connectivity index (χ3v) is 3.53. The van der Waals surface area contributed by atoms with Gasteiger partial charge >= 0.3 is 0 Å². The monoisotopic (exact) mass is 272 g/mol. The van der Waals surface area contributed by atoms with Crippen LogP contribution < -0.4 is 0 Å². The van der Waals surface area contributed by atoms with Crippen molar-refractivity contribution in [2.75, 3.05) is 19.7 Å². The molecular formula is C16H20N2O2. The minimum absolute atomic E-state index is 0.0372. The van der Waals surface area contributed by atoms with Crippen molar-refractivity contribution in [2.45, 2.75) is 26.2 Å². The van der Waals surface area contributed by atoms with Crippen LogP contribution in [-0.2, 0) is 0 Å². The number of likely N-dealkylation sites (tertiary alicyclic amines) is 1. The average Bonchev–Trinajstić information content (AvgIpc) is 2.48. The molecule has 1 aromatic heterocycles. The van der Waals surface area contributed by atoms with Crippen LogP contribution in [0.3, 0.4) is 0 Å². The van der Waals surface area contributed by atoms with Gasteiger partial charge in [-0.2, -0.15) is 0 Å². The Morgan fingerprint density at radius 1 is 1.45 bits per heavy atom. The third kappa shape index (κ3) is 3.82. The molecule has 1 fully saturated rings. The highest BCUT2D eigenvalue weighted by Gasteiger charge is 2.21. The molecule has 1 saturated heterocycles. The Bertz CT molecular complexity index is 523. The van der Waals surface area contributed by atoms with Crippen LogP contribution in [0.1, 0.15) is 42.1 Å². The summed E-state index contributed by atoms with van der Waals surface area (Å²) in [4.78, 5) is 18.4. The van der Waals surface area contributed by atoms with E-state index in [-0.39, 0.29) is 12.5 Å². The first-order chi connectivity index (χ1) is 9.70. The minimum atomic E-state index is 0.0372. The molecule has 0 aromatic carbocycles. The maximum Gasteiger partial charge on any atom is 0.255 e. The first-order valence-corrected chi connectivity index (χ1v) is 7.04. The maximum absolute atomic E-state index is 12.4. The van der Waals surface area contributed by atoms with Crippen LogP contribution in [-0.4, -0.2) is 40.6 Å². The van der Waals surface area contributed by atoms with Crippen molar-refractivity contribution in [1.82, 2.24) is 9.88 Å². The second-order valence-electron chi connectivity index (χ2n) is 5.21. The van der Waals surface area contributed by atoms with Crippen molar-refractivity contribution in [2.24, 2.45) is 5.92 Å². The van der Waals surface area contributed by atoms with Crippen LogP contribution in [0.2, 0.25) is 0 Å². The molecule has 1 aromatic rings. The minimum Gasteiger partial charge on any atom is -0.395 e. The summed E-state index contributed by atoms with van der Waals surface area (Å²) in [6.07, 6.45) is 5.80. The first kappa shape index (κ1) is 14.5. The topological polar surface area (TPSA) is 53.4 Å². The zero-order valence-electron chi connectivity index (χ0n) is 11.8. The molecule has 1 aliphatic heterocycles. The van der Waals surface area contributed by atoms with Crippen LogP contribution in [0.4, 0.5) is 0 Å².